The van der Waals surface area contributed by atoms with Crippen LogP contribution in [0.3, 0.4) is 0 Å². The van der Waals surface area contributed by atoms with E-state index in [1.165, 1.54) is 69.9 Å². The second-order valence-corrected chi connectivity index (χ2v) is 8.57. The molecule has 0 radical (unpaired) electrons. The van der Waals surface area contributed by atoms with E-state index in [9.17, 15) is 14.7 Å². The summed E-state index contributed by atoms with van der Waals surface area (Å²) in [6.45, 7) is 6.47. The molecule has 0 aliphatic rings. The van der Waals surface area contributed by atoms with E-state index in [1.54, 1.807) is 12.1 Å². The molecule has 1 unspecified atom stereocenters. The first-order valence-corrected chi connectivity index (χ1v) is 11.4. The van der Waals surface area contributed by atoms with E-state index in [2.05, 4.69) is 13.8 Å². The SMILES string of the molecule is CC(C)CCCCCCCCCCCCC(C)OC(=O)c1ccccc1C(=O)O. The topological polar surface area (TPSA) is 63.6 Å². The molecule has 164 valence electrons. The minimum atomic E-state index is -1.11. The maximum Gasteiger partial charge on any atom is 0.339 e. The van der Waals surface area contributed by atoms with Crippen molar-refractivity contribution in [3.05, 3.63) is 35.4 Å². The predicted octanol–water partition coefficient (Wildman–Crippen LogP) is 7.27. The summed E-state index contributed by atoms with van der Waals surface area (Å²) in [7, 11) is 0. The maximum atomic E-state index is 12.2. The zero-order valence-electron chi connectivity index (χ0n) is 18.6. The molecule has 0 aromatic heterocycles. The molecular formula is C25H40O4. The molecule has 4 nitrogen and oxygen atoms in total. The van der Waals surface area contributed by atoms with Crippen LogP contribution in [0.1, 0.15) is 119 Å². The Morgan fingerprint density at radius 3 is 1.69 bits per heavy atom. The van der Waals surface area contributed by atoms with Gasteiger partial charge in [-0.3, -0.25) is 0 Å². The Hall–Kier alpha value is -1.84. The van der Waals surface area contributed by atoms with Crippen LogP contribution in [-0.4, -0.2) is 23.1 Å². The van der Waals surface area contributed by atoms with Crippen molar-refractivity contribution >= 4 is 11.9 Å². The van der Waals surface area contributed by atoms with Gasteiger partial charge in [-0.1, -0.05) is 90.2 Å². The highest BCUT2D eigenvalue weighted by molar-refractivity contribution is 6.02. The normalized spacial score (nSPS) is 12.1. The van der Waals surface area contributed by atoms with E-state index in [4.69, 9.17) is 4.74 Å². The van der Waals surface area contributed by atoms with Crippen molar-refractivity contribution in [2.45, 2.75) is 104 Å². The summed E-state index contributed by atoms with van der Waals surface area (Å²) in [5.41, 5.74) is 0.112. The standard InChI is InChI=1S/C25H40O4/c1-20(2)16-12-10-8-6-4-5-7-9-11-13-17-21(3)29-25(28)23-19-15-14-18-22(23)24(26)27/h14-15,18-21H,4-13,16-17H2,1-3H3,(H,26,27). The fourth-order valence-electron chi connectivity index (χ4n) is 3.55. The first-order chi connectivity index (χ1) is 13.9. The van der Waals surface area contributed by atoms with Crippen LogP contribution in [0, 0.1) is 5.92 Å². The Balaban J connectivity index is 2.05. The zero-order valence-corrected chi connectivity index (χ0v) is 18.6. The molecule has 0 amide bonds. The second kappa shape index (κ2) is 15.1. The number of benzene rings is 1. The maximum absolute atomic E-state index is 12.2. The minimum Gasteiger partial charge on any atom is -0.478 e. The summed E-state index contributed by atoms with van der Waals surface area (Å²) in [6.07, 6.45) is 14.8. The zero-order chi connectivity index (χ0) is 21.5. The third-order valence-corrected chi connectivity index (χ3v) is 5.33. The van der Waals surface area contributed by atoms with Gasteiger partial charge in [0.2, 0.25) is 0 Å². The lowest BCUT2D eigenvalue weighted by molar-refractivity contribution is 0.0313. The summed E-state index contributed by atoms with van der Waals surface area (Å²) in [5, 5.41) is 9.18. The average molecular weight is 405 g/mol. The van der Waals surface area contributed by atoms with E-state index < -0.39 is 11.9 Å². The number of aromatic carboxylic acids is 1. The van der Waals surface area contributed by atoms with E-state index in [1.807, 2.05) is 6.92 Å². The predicted molar refractivity (Wildman–Crippen MR) is 119 cm³/mol. The molecule has 0 aliphatic carbocycles. The molecule has 0 bridgehead atoms. The van der Waals surface area contributed by atoms with Crippen LogP contribution >= 0.6 is 0 Å². The van der Waals surface area contributed by atoms with E-state index in [0.29, 0.717) is 0 Å². The highest BCUT2D eigenvalue weighted by atomic mass is 16.5. The van der Waals surface area contributed by atoms with Gasteiger partial charge in [-0.15, -0.1) is 0 Å². The quantitative estimate of drug-likeness (QED) is 0.232. The number of hydrogen-bond donors (Lipinski definition) is 1. The monoisotopic (exact) mass is 404 g/mol. The molecule has 0 fully saturated rings. The number of rotatable bonds is 16. The van der Waals surface area contributed by atoms with Crippen LogP contribution in [0.5, 0.6) is 0 Å². The third kappa shape index (κ3) is 11.7. The number of hydrogen-bond acceptors (Lipinski definition) is 3. The lowest BCUT2D eigenvalue weighted by atomic mass is 10.0. The molecule has 0 saturated heterocycles. The fourth-order valence-corrected chi connectivity index (χ4v) is 3.55. The lowest BCUT2D eigenvalue weighted by Gasteiger charge is -2.14. The molecule has 1 rings (SSSR count). The summed E-state index contributed by atoms with van der Waals surface area (Å²) in [5.74, 6) is -0.827. The molecule has 29 heavy (non-hydrogen) atoms. The van der Waals surface area contributed by atoms with Crippen molar-refractivity contribution in [3.8, 4) is 0 Å². The Morgan fingerprint density at radius 2 is 1.21 bits per heavy atom. The molecule has 0 saturated carbocycles. The van der Waals surface area contributed by atoms with Gasteiger partial charge in [0.15, 0.2) is 0 Å². The second-order valence-electron chi connectivity index (χ2n) is 8.57. The number of carboxylic acids is 1. The largest absolute Gasteiger partial charge is 0.478 e. The smallest absolute Gasteiger partial charge is 0.339 e. The molecule has 4 heteroatoms. The van der Waals surface area contributed by atoms with Gasteiger partial charge in [-0.05, 0) is 37.8 Å². The molecule has 0 spiro atoms. The first kappa shape index (κ1) is 25.2. The number of carboxylic acid groups (broad SMARTS) is 1. The molecular weight excluding hydrogens is 364 g/mol. The Bertz CT molecular complexity index is 594. The summed E-state index contributed by atoms with van der Waals surface area (Å²) >= 11 is 0. The van der Waals surface area contributed by atoms with Gasteiger partial charge in [0, 0.05) is 0 Å². The summed E-state index contributed by atoms with van der Waals surface area (Å²) in [4.78, 5) is 23.4. The number of unbranched alkanes of at least 4 members (excludes halogenated alkanes) is 9. The lowest BCUT2D eigenvalue weighted by Crippen LogP contribution is -2.17. The van der Waals surface area contributed by atoms with Crippen molar-refractivity contribution in [2.75, 3.05) is 0 Å². The van der Waals surface area contributed by atoms with Gasteiger partial charge in [0.25, 0.3) is 0 Å². The van der Waals surface area contributed by atoms with Gasteiger partial charge in [-0.25, -0.2) is 9.59 Å². The van der Waals surface area contributed by atoms with Crippen LogP contribution in [-0.2, 0) is 4.74 Å². The van der Waals surface area contributed by atoms with Gasteiger partial charge in [0.1, 0.15) is 0 Å². The number of carbonyl (C=O) groups excluding carboxylic acids is 1. The molecule has 1 atom stereocenters. The first-order valence-electron chi connectivity index (χ1n) is 11.4. The number of ether oxygens (including phenoxy) is 1. The van der Waals surface area contributed by atoms with Crippen LogP contribution in [0.4, 0.5) is 0 Å². The molecule has 1 N–H and O–H groups in total. The minimum absolute atomic E-state index is 0.00961. The van der Waals surface area contributed by atoms with Crippen molar-refractivity contribution in [1.29, 1.82) is 0 Å². The molecule has 1 aromatic carbocycles. The summed E-state index contributed by atoms with van der Waals surface area (Å²) < 4.78 is 5.43. The van der Waals surface area contributed by atoms with Crippen LogP contribution in [0.15, 0.2) is 24.3 Å². The van der Waals surface area contributed by atoms with Crippen molar-refractivity contribution in [2.24, 2.45) is 5.92 Å². The summed E-state index contributed by atoms with van der Waals surface area (Å²) in [6, 6.07) is 6.19. The molecule has 0 heterocycles. The highest BCUT2D eigenvalue weighted by Gasteiger charge is 2.18. The van der Waals surface area contributed by atoms with Crippen molar-refractivity contribution in [3.63, 3.8) is 0 Å². The van der Waals surface area contributed by atoms with Crippen LogP contribution < -0.4 is 0 Å². The average Bonchev–Trinajstić information content (AvgIpc) is 2.68. The number of esters is 1. The van der Waals surface area contributed by atoms with Gasteiger partial charge >= 0.3 is 11.9 Å². The highest BCUT2D eigenvalue weighted by Crippen LogP contribution is 2.16. The van der Waals surface area contributed by atoms with E-state index >= 15 is 0 Å². The number of carbonyl (C=O) groups is 2. The Labute approximate surface area is 177 Å². The van der Waals surface area contributed by atoms with Gasteiger partial charge in [0.05, 0.1) is 17.2 Å². The molecule has 0 aliphatic heterocycles. The van der Waals surface area contributed by atoms with Crippen LogP contribution in [0.2, 0.25) is 0 Å². The Kier molecular flexibility index (Phi) is 13.1. The van der Waals surface area contributed by atoms with Crippen molar-refractivity contribution in [1.82, 2.24) is 0 Å². The van der Waals surface area contributed by atoms with Gasteiger partial charge in [-0.2, -0.15) is 0 Å². The van der Waals surface area contributed by atoms with E-state index in [-0.39, 0.29) is 17.2 Å². The Morgan fingerprint density at radius 1 is 0.759 bits per heavy atom. The third-order valence-electron chi connectivity index (χ3n) is 5.33. The molecule has 1 aromatic rings. The van der Waals surface area contributed by atoms with Crippen LogP contribution in [0.25, 0.3) is 0 Å². The van der Waals surface area contributed by atoms with E-state index in [0.717, 1.165) is 25.2 Å². The van der Waals surface area contributed by atoms with Gasteiger partial charge < -0.3 is 9.84 Å². The van der Waals surface area contributed by atoms with Crippen molar-refractivity contribution < 1.29 is 19.4 Å². The fraction of sp³-hybridized carbons (Fsp3) is 0.680.